The maximum atomic E-state index is 13.1. The van der Waals surface area contributed by atoms with E-state index in [-0.39, 0.29) is 30.8 Å². The molecule has 0 aliphatic carbocycles. The standard InChI is InChI=1S/C36H55N4O6P/c1-5-6-7-8-9-10-11-12-13-14-15-16-17-18-19-20-21-22-23-24-34(41)37-28-29-38-47(43,44-4)46-32(3)33-25-26-35(45-33)40-30-27-31(2)39-36(40)42/h6-7,9-10,12-13,15-16,18-19,21-22,27,30,32-33,35H,5,8,11,14,17,20,23-26,28-29H2,1-4H3,(H,37,41)(H,38,43)/b7-6-,10-9-,13-12-,16-15-,19-18-,22-21-. The maximum absolute atomic E-state index is 13.1. The topological polar surface area (TPSA) is 121 Å². The van der Waals surface area contributed by atoms with Crippen LogP contribution >= 0.6 is 7.75 Å². The lowest BCUT2D eigenvalue weighted by Gasteiger charge is -2.25. The summed E-state index contributed by atoms with van der Waals surface area (Å²) in [6.45, 7) is 6.15. The van der Waals surface area contributed by atoms with Gasteiger partial charge in [-0.2, -0.15) is 4.98 Å². The van der Waals surface area contributed by atoms with E-state index in [4.69, 9.17) is 13.8 Å². The van der Waals surface area contributed by atoms with Crippen molar-refractivity contribution in [3.63, 3.8) is 0 Å². The van der Waals surface area contributed by atoms with Crippen molar-refractivity contribution in [1.29, 1.82) is 0 Å². The van der Waals surface area contributed by atoms with Gasteiger partial charge in [-0.1, -0.05) is 79.8 Å². The molecule has 0 saturated carbocycles. The van der Waals surface area contributed by atoms with Crippen LogP contribution in [0.5, 0.6) is 0 Å². The first kappa shape index (κ1) is 40.0. The van der Waals surface area contributed by atoms with Gasteiger partial charge in [0, 0.05) is 38.5 Å². The second-order valence-electron chi connectivity index (χ2n) is 11.2. The van der Waals surface area contributed by atoms with Crippen LogP contribution in [0.25, 0.3) is 0 Å². The highest BCUT2D eigenvalue weighted by atomic mass is 31.2. The summed E-state index contributed by atoms with van der Waals surface area (Å²) < 4.78 is 31.4. The monoisotopic (exact) mass is 670 g/mol. The minimum absolute atomic E-state index is 0.0842. The summed E-state index contributed by atoms with van der Waals surface area (Å²) >= 11 is 0. The summed E-state index contributed by atoms with van der Waals surface area (Å²) in [5, 5.41) is 5.60. The minimum atomic E-state index is -3.62. The molecule has 0 spiro atoms. The molecule has 0 bridgehead atoms. The predicted octanol–water partition coefficient (Wildman–Crippen LogP) is 7.57. The van der Waals surface area contributed by atoms with Crippen molar-refractivity contribution in [2.75, 3.05) is 20.2 Å². The Morgan fingerprint density at radius 2 is 1.55 bits per heavy atom. The Morgan fingerprint density at radius 1 is 0.979 bits per heavy atom. The van der Waals surface area contributed by atoms with Crippen molar-refractivity contribution in [1.82, 2.24) is 20.0 Å². The number of aromatic nitrogens is 2. The average Bonchev–Trinajstić information content (AvgIpc) is 3.54. The van der Waals surface area contributed by atoms with Crippen LogP contribution < -0.4 is 16.1 Å². The molecule has 1 aliphatic rings. The second kappa shape index (κ2) is 24.1. The highest BCUT2D eigenvalue weighted by Crippen LogP contribution is 2.45. The third kappa shape index (κ3) is 17.5. The van der Waals surface area contributed by atoms with Crippen LogP contribution in [0.1, 0.15) is 90.0 Å². The van der Waals surface area contributed by atoms with Gasteiger partial charge in [-0.05, 0) is 77.7 Å². The molecule has 2 rings (SSSR count). The molecule has 1 aromatic heterocycles. The Balaban J connectivity index is 1.53. The van der Waals surface area contributed by atoms with E-state index >= 15 is 0 Å². The smallest absolute Gasteiger partial charge is 0.355 e. The predicted molar refractivity (Wildman–Crippen MR) is 190 cm³/mol. The molecule has 11 heteroatoms. The van der Waals surface area contributed by atoms with Gasteiger partial charge in [0.2, 0.25) is 5.91 Å². The molecule has 2 N–H and O–H groups in total. The third-order valence-electron chi connectivity index (χ3n) is 7.27. The number of rotatable bonds is 23. The fourth-order valence-electron chi connectivity index (χ4n) is 4.68. The van der Waals surface area contributed by atoms with Crippen LogP contribution in [-0.2, 0) is 23.1 Å². The van der Waals surface area contributed by atoms with Crippen LogP contribution in [0.15, 0.2) is 90.0 Å². The summed E-state index contributed by atoms with van der Waals surface area (Å²) in [5.74, 6) is -0.0842. The number of hydrogen-bond acceptors (Lipinski definition) is 7. The van der Waals surface area contributed by atoms with Gasteiger partial charge in [-0.25, -0.2) is 14.4 Å². The summed E-state index contributed by atoms with van der Waals surface area (Å²) in [5.41, 5.74) is 0.276. The van der Waals surface area contributed by atoms with Gasteiger partial charge in [-0.15, -0.1) is 0 Å². The lowest BCUT2D eigenvalue weighted by Crippen LogP contribution is -2.33. The number of hydrogen-bond donors (Lipinski definition) is 2. The molecule has 1 aromatic rings. The molecule has 0 radical (unpaired) electrons. The van der Waals surface area contributed by atoms with E-state index in [9.17, 15) is 14.2 Å². The van der Waals surface area contributed by atoms with Crippen LogP contribution in [0.2, 0.25) is 0 Å². The van der Waals surface area contributed by atoms with Gasteiger partial charge in [0.1, 0.15) is 6.23 Å². The number of amides is 1. The summed E-state index contributed by atoms with van der Waals surface area (Å²) in [4.78, 5) is 28.3. The second-order valence-corrected chi connectivity index (χ2v) is 13.1. The molecule has 10 nitrogen and oxygen atoms in total. The van der Waals surface area contributed by atoms with E-state index in [2.05, 4.69) is 89.1 Å². The number of ether oxygens (including phenoxy) is 1. The molecular formula is C36H55N4O6P. The van der Waals surface area contributed by atoms with Gasteiger partial charge in [-0.3, -0.25) is 13.9 Å². The Labute approximate surface area is 281 Å². The van der Waals surface area contributed by atoms with Crippen LogP contribution in [0.4, 0.5) is 0 Å². The van der Waals surface area contributed by atoms with Crippen LogP contribution in [0.3, 0.4) is 0 Å². The third-order valence-corrected chi connectivity index (χ3v) is 8.97. The minimum Gasteiger partial charge on any atom is -0.355 e. The molecule has 1 saturated heterocycles. The molecule has 1 fully saturated rings. The fraction of sp³-hybridized carbons (Fsp3) is 0.528. The Kier molecular flexibility index (Phi) is 20.5. The summed E-state index contributed by atoms with van der Waals surface area (Å²) in [6, 6.07) is 1.76. The lowest BCUT2D eigenvalue weighted by molar-refractivity contribution is -0.120. The molecule has 4 atom stereocenters. The SMILES string of the molecule is CC/C=C\C/C=C\C/C=C\C/C=C\C/C=C\C/C=C\CCC(=O)NCCNP(=O)(OC)OC(C)C1CCC(n2ccc(C)nc2=O)O1. The molecule has 260 valence electrons. The first-order valence-corrected chi connectivity index (χ1v) is 18.3. The zero-order valence-electron chi connectivity index (χ0n) is 28.6. The van der Waals surface area contributed by atoms with E-state index in [0.717, 1.165) is 38.5 Å². The van der Waals surface area contributed by atoms with Crippen molar-refractivity contribution in [3.8, 4) is 0 Å². The first-order chi connectivity index (χ1) is 22.8. The average molecular weight is 671 g/mol. The number of aryl methyl sites for hydroxylation is 1. The first-order valence-electron chi connectivity index (χ1n) is 16.7. The largest absolute Gasteiger partial charge is 0.405 e. The highest BCUT2D eigenvalue weighted by molar-refractivity contribution is 7.51. The normalized spacial score (nSPS) is 19.3. The van der Waals surface area contributed by atoms with Gasteiger partial charge in [0.15, 0.2) is 0 Å². The number of allylic oxidation sites excluding steroid dienone is 12. The Morgan fingerprint density at radius 3 is 2.11 bits per heavy atom. The number of nitrogens with zero attached hydrogens (tertiary/aromatic N) is 2. The molecule has 1 amide bonds. The summed E-state index contributed by atoms with van der Waals surface area (Å²) in [7, 11) is -2.32. The molecule has 0 aromatic carbocycles. The Hall–Kier alpha value is -3.14. The van der Waals surface area contributed by atoms with Crippen LogP contribution in [-0.4, -0.2) is 47.9 Å². The molecule has 4 unspecified atom stereocenters. The van der Waals surface area contributed by atoms with Gasteiger partial charge in [0.25, 0.3) is 0 Å². The number of nitrogens with one attached hydrogen (secondary N) is 2. The van der Waals surface area contributed by atoms with Crippen molar-refractivity contribution in [3.05, 3.63) is 101 Å². The van der Waals surface area contributed by atoms with Crippen molar-refractivity contribution in [2.45, 2.75) is 103 Å². The van der Waals surface area contributed by atoms with Crippen molar-refractivity contribution in [2.24, 2.45) is 0 Å². The molecule has 47 heavy (non-hydrogen) atoms. The van der Waals surface area contributed by atoms with E-state index in [0.29, 0.717) is 31.4 Å². The van der Waals surface area contributed by atoms with Crippen molar-refractivity contribution >= 4 is 13.7 Å². The quantitative estimate of drug-likeness (QED) is 0.0695. The van der Waals surface area contributed by atoms with E-state index in [1.807, 2.05) is 6.08 Å². The zero-order valence-corrected chi connectivity index (χ0v) is 29.5. The van der Waals surface area contributed by atoms with Gasteiger partial charge >= 0.3 is 13.4 Å². The van der Waals surface area contributed by atoms with E-state index in [1.54, 1.807) is 26.1 Å². The molecule has 1 aliphatic heterocycles. The van der Waals surface area contributed by atoms with E-state index in [1.165, 1.54) is 11.7 Å². The molecule has 2 heterocycles. The van der Waals surface area contributed by atoms with Gasteiger partial charge in [0.05, 0.1) is 12.2 Å². The maximum Gasteiger partial charge on any atom is 0.405 e. The summed E-state index contributed by atoms with van der Waals surface area (Å²) in [6.07, 6.45) is 34.1. The lowest BCUT2D eigenvalue weighted by atomic mass is 10.1. The fourth-order valence-corrected chi connectivity index (χ4v) is 5.93. The molecular weight excluding hydrogens is 615 g/mol. The highest BCUT2D eigenvalue weighted by Gasteiger charge is 2.36. The number of carbonyl (C=O) groups is 1. The Bertz CT molecular complexity index is 1330. The van der Waals surface area contributed by atoms with Gasteiger partial charge < -0.3 is 14.6 Å². The van der Waals surface area contributed by atoms with E-state index < -0.39 is 20.1 Å². The van der Waals surface area contributed by atoms with Crippen molar-refractivity contribution < 1.29 is 23.1 Å². The zero-order chi connectivity index (χ0) is 34.2. The number of carbonyl (C=O) groups excluding carboxylic acids is 1. The van der Waals surface area contributed by atoms with Crippen LogP contribution in [0, 0.1) is 6.92 Å².